The van der Waals surface area contributed by atoms with E-state index in [-0.39, 0.29) is 0 Å². The fraction of sp³-hybridized carbons (Fsp3) is 0.789. The molecule has 0 aliphatic carbocycles. The summed E-state index contributed by atoms with van der Waals surface area (Å²) in [6, 6.07) is 2.47. The van der Waals surface area contributed by atoms with Crippen molar-refractivity contribution in [2.45, 2.75) is 65.8 Å². The Morgan fingerprint density at radius 1 is 1.22 bits per heavy atom. The zero-order chi connectivity index (χ0) is 17.9. The lowest BCUT2D eigenvalue weighted by atomic mass is 10.2. The molecule has 0 aromatic heterocycles. The van der Waals surface area contributed by atoms with Crippen molar-refractivity contribution in [1.29, 1.82) is 0 Å². The standard InChI is InChI=1S/C19H39NO2Si/c1-8-20(9-2)14-18(21)15-22-16-19(13-12-17(5)6)23(7,10-3)11-4/h13,18,21H,5,8-12,14-16H2,1-4,6-7H3/b19-13-/t18-/m0/s1. The van der Waals surface area contributed by atoms with Gasteiger partial charge >= 0.3 is 0 Å². The quantitative estimate of drug-likeness (QED) is 0.401. The van der Waals surface area contributed by atoms with Gasteiger partial charge in [-0.2, -0.15) is 0 Å². The van der Waals surface area contributed by atoms with Crippen LogP contribution in [0.4, 0.5) is 0 Å². The van der Waals surface area contributed by atoms with E-state index < -0.39 is 14.2 Å². The molecule has 0 aliphatic rings. The van der Waals surface area contributed by atoms with Crippen molar-refractivity contribution in [3.05, 3.63) is 23.4 Å². The first-order valence-electron chi connectivity index (χ1n) is 9.14. The van der Waals surface area contributed by atoms with Crippen LogP contribution in [0.15, 0.2) is 23.4 Å². The first kappa shape index (κ1) is 22.6. The topological polar surface area (TPSA) is 32.7 Å². The fourth-order valence-electron chi connectivity index (χ4n) is 2.62. The summed E-state index contributed by atoms with van der Waals surface area (Å²) >= 11 is 0. The molecule has 0 saturated carbocycles. The summed E-state index contributed by atoms with van der Waals surface area (Å²) in [5.41, 5.74) is 1.19. The number of hydrogen-bond donors (Lipinski definition) is 1. The maximum Gasteiger partial charge on any atom is 0.0900 e. The van der Waals surface area contributed by atoms with Crippen LogP contribution in [-0.4, -0.2) is 57.0 Å². The Labute approximate surface area is 145 Å². The van der Waals surface area contributed by atoms with Crippen molar-refractivity contribution in [3.63, 3.8) is 0 Å². The van der Waals surface area contributed by atoms with Gasteiger partial charge < -0.3 is 14.7 Å². The van der Waals surface area contributed by atoms with Gasteiger partial charge in [-0.15, -0.1) is 0 Å². The molecule has 0 amide bonds. The third-order valence-corrected chi connectivity index (χ3v) is 9.98. The maximum absolute atomic E-state index is 10.1. The zero-order valence-corrected chi connectivity index (χ0v) is 17.3. The molecule has 0 heterocycles. The molecule has 0 spiro atoms. The van der Waals surface area contributed by atoms with E-state index in [0.717, 1.165) is 19.5 Å². The number of ether oxygens (including phenoxy) is 1. The van der Waals surface area contributed by atoms with E-state index in [1.165, 1.54) is 22.9 Å². The third-order valence-electron chi connectivity index (χ3n) is 4.96. The Bertz CT molecular complexity index is 360. The number of nitrogens with zero attached hydrogens (tertiary/aromatic N) is 1. The Kier molecular flexibility index (Phi) is 11.8. The smallest absolute Gasteiger partial charge is 0.0900 e. The average Bonchev–Trinajstić information content (AvgIpc) is 2.54. The largest absolute Gasteiger partial charge is 0.389 e. The van der Waals surface area contributed by atoms with E-state index >= 15 is 0 Å². The minimum atomic E-state index is -1.41. The lowest BCUT2D eigenvalue weighted by molar-refractivity contribution is 0.0271. The number of rotatable bonds is 13. The summed E-state index contributed by atoms with van der Waals surface area (Å²) in [5, 5.41) is 11.6. The minimum Gasteiger partial charge on any atom is -0.389 e. The molecule has 0 aromatic carbocycles. The SMILES string of the molecule is C=C(C)C/C=C(/COC[C@@H](O)CN(CC)CC)[Si](C)(CC)CC. The monoisotopic (exact) mass is 341 g/mol. The van der Waals surface area contributed by atoms with Gasteiger partial charge in [0.15, 0.2) is 0 Å². The summed E-state index contributed by atoms with van der Waals surface area (Å²) in [6.45, 7) is 21.0. The van der Waals surface area contributed by atoms with Gasteiger partial charge in [-0.1, -0.05) is 69.8 Å². The molecule has 4 heteroatoms. The second-order valence-electron chi connectivity index (χ2n) is 6.81. The maximum atomic E-state index is 10.1. The molecule has 136 valence electrons. The van der Waals surface area contributed by atoms with Crippen molar-refractivity contribution in [1.82, 2.24) is 4.90 Å². The van der Waals surface area contributed by atoms with Crippen LogP contribution < -0.4 is 0 Å². The van der Waals surface area contributed by atoms with Crippen LogP contribution in [0.25, 0.3) is 0 Å². The lowest BCUT2D eigenvalue weighted by Gasteiger charge is -2.29. The predicted octanol–water partition coefficient (Wildman–Crippen LogP) is 4.26. The highest BCUT2D eigenvalue weighted by molar-refractivity contribution is 6.85. The molecule has 0 aromatic rings. The van der Waals surface area contributed by atoms with Gasteiger partial charge in [-0.05, 0) is 26.4 Å². The molecule has 1 atom stereocenters. The second-order valence-corrected chi connectivity index (χ2v) is 12.0. The van der Waals surface area contributed by atoms with Gasteiger partial charge in [0.1, 0.15) is 0 Å². The molecule has 0 radical (unpaired) electrons. The number of allylic oxidation sites excluding steroid dienone is 2. The first-order valence-corrected chi connectivity index (χ1v) is 12.1. The van der Waals surface area contributed by atoms with E-state index in [9.17, 15) is 5.11 Å². The number of aliphatic hydroxyl groups is 1. The lowest BCUT2D eigenvalue weighted by Crippen LogP contribution is -2.37. The van der Waals surface area contributed by atoms with Crippen molar-refractivity contribution in [2.24, 2.45) is 0 Å². The number of aliphatic hydroxyl groups excluding tert-OH is 1. The van der Waals surface area contributed by atoms with Crippen molar-refractivity contribution < 1.29 is 9.84 Å². The van der Waals surface area contributed by atoms with Crippen LogP contribution >= 0.6 is 0 Å². The minimum absolute atomic E-state index is 0.409. The van der Waals surface area contributed by atoms with Crippen LogP contribution in [0.3, 0.4) is 0 Å². The zero-order valence-electron chi connectivity index (χ0n) is 16.3. The van der Waals surface area contributed by atoms with Gasteiger partial charge in [0.05, 0.1) is 27.4 Å². The van der Waals surface area contributed by atoms with Crippen LogP contribution in [0.2, 0.25) is 18.6 Å². The Hall–Kier alpha value is -0.423. The molecule has 0 saturated heterocycles. The molecule has 23 heavy (non-hydrogen) atoms. The second kappa shape index (κ2) is 12.0. The molecular formula is C19H39NO2Si. The van der Waals surface area contributed by atoms with E-state index in [1.807, 2.05) is 0 Å². The first-order chi connectivity index (χ1) is 10.8. The summed E-state index contributed by atoms with van der Waals surface area (Å²) in [7, 11) is -1.41. The normalized spacial score (nSPS) is 14.3. The third kappa shape index (κ3) is 8.84. The van der Waals surface area contributed by atoms with E-state index in [0.29, 0.717) is 19.8 Å². The molecule has 3 nitrogen and oxygen atoms in total. The number of likely N-dealkylation sites (N-methyl/N-ethyl adjacent to an activating group) is 1. The molecule has 0 unspecified atom stereocenters. The summed E-state index contributed by atoms with van der Waals surface area (Å²) in [6.07, 6.45) is 2.86. The molecule has 0 bridgehead atoms. The van der Waals surface area contributed by atoms with Crippen LogP contribution in [0.1, 0.15) is 41.0 Å². The van der Waals surface area contributed by atoms with E-state index in [4.69, 9.17) is 4.74 Å². The van der Waals surface area contributed by atoms with Crippen LogP contribution in [0, 0.1) is 0 Å². The highest BCUT2D eigenvalue weighted by Gasteiger charge is 2.27. The average molecular weight is 342 g/mol. The Morgan fingerprint density at radius 2 is 1.78 bits per heavy atom. The summed E-state index contributed by atoms with van der Waals surface area (Å²) in [5.74, 6) is 0. The molecule has 0 rings (SSSR count). The highest BCUT2D eigenvalue weighted by atomic mass is 28.3. The Morgan fingerprint density at radius 3 is 2.22 bits per heavy atom. The summed E-state index contributed by atoms with van der Waals surface area (Å²) in [4.78, 5) is 2.23. The van der Waals surface area contributed by atoms with E-state index in [2.05, 4.69) is 58.7 Å². The van der Waals surface area contributed by atoms with Crippen molar-refractivity contribution in [2.75, 3.05) is 32.8 Å². The predicted molar refractivity (Wildman–Crippen MR) is 105 cm³/mol. The van der Waals surface area contributed by atoms with Gasteiger partial charge in [0.25, 0.3) is 0 Å². The van der Waals surface area contributed by atoms with Crippen LogP contribution in [-0.2, 0) is 4.74 Å². The number of hydrogen-bond acceptors (Lipinski definition) is 3. The highest BCUT2D eigenvalue weighted by Crippen LogP contribution is 2.25. The van der Waals surface area contributed by atoms with Gasteiger partial charge in [0, 0.05) is 6.54 Å². The molecule has 1 N–H and O–H groups in total. The fourth-order valence-corrected chi connectivity index (χ4v) is 5.07. The van der Waals surface area contributed by atoms with Gasteiger partial charge in [-0.25, -0.2) is 0 Å². The van der Waals surface area contributed by atoms with Gasteiger partial charge in [0.2, 0.25) is 0 Å². The Balaban J connectivity index is 4.62. The van der Waals surface area contributed by atoms with Crippen molar-refractivity contribution >= 4 is 8.07 Å². The summed E-state index contributed by atoms with van der Waals surface area (Å²) < 4.78 is 5.89. The van der Waals surface area contributed by atoms with Crippen molar-refractivity contribution in [3.8, 4) is 0 Å². The van der Waals surface area contributed by atoms with E-state index in [1.54, 1.807) is 0 Å². The van der Waals surface area contributed by atoms with Gasteiger partial charge in [-0.3, -0.25) is 0 Å². The van der Waals surface area contributed by atoms with Crippen LogP contribution in [0.5, 0.6) is 0 Å². The molecule has 0 aliphatic heterocycles. The molecular weight excluding hydrogens is 302 g/mol. The molecule has 0 fully saturated rings.